The Morgan fingerprint density at radius 2 is 1.95 bits per heavy atom. The van der Waals surface area contributed by atoms with E-state index in [0.29, 0.717) is 26.9 Å². The lowest BCUT2D eigenvalue weighted by Gasteiger charge is -2.10. The molecule has 0 aliphatic carbocycles. The summed E-state index contributed by atoms with van der Waals surface area (Å²) in [6.45, 7) is 4.19. The number of rotatable bonds is 4. The summed E-state index contributed by atoms with van der Waals surface area (Å²) in [6.07, 6.45) is 1.03. The molecule has 0 spiro atoms. The predicted molar refractivity (Wildman–Crippen MR) is 87.5 cm³/mol. The molecule has 0 fully saturated rings. The number of aromatic nitrogens is 2. The van der Waals surface area contributed by atoms with E-state index < -0.39 is 5.82 Å². The quantitative estimate of drug-likeness (QED) is 0.645. The highest BCUT2D eigenvalue weighted by molar-refractivity contribution is 9.10. The van der Waals surface area contributed by atoms with E-state index >= 15 is 0 Å². The summed E-state index contributed by atoms with van der Waals surface area (Å²) in [6, 6.07) is 4.89. The van der Waals surface area contributed by atoms with Crippen LogP contribution in [0.1, 0.15) is 30.9 Å². The summed E-state index contributed by atoms with van der Waals surface area (Å²) < 4.78 is 14.7. The molecule has 2 rings (SSSR count). The summed E-state index contributed by atoms with van der Waals surface area (Å²) in [5, 5.41) is 0.441. The summed E-state index contributed by atoms with van der Waals surface area (Å²) in [7, 11) is 0. The van der Waals surface area contributed by atoms with Crippen LogP contribution in [0, 0.1) is 11.7 Å². The first kappa shape index (κ1) is 16.7. The zero-order chi connectivity index (χ0) is 15.6. The first-order valence-electron chi connectivity index (χ1n) is 6.52. The molecule has 2 aromatic rings. The zero-order valence-corrected chi connectivity index (χ0v) is 14.7. The third kappa shape index (κ3) is 4.15. The highest BCUT2D eigenvalue weighted by Gasteiger charge is 2.14. The van der Waals surface area contributed by atoms with Gasteiger partial charge in [-0.3, -0.25) is 0 Å². The lowest BCUT2D eigenvalue weighted by Crippen LogP contribution is -2.06. The molecule has 0 saturated carbocycles. The third-order valence-electron chi connectivity index (χ3n) is 2.91. The maximum absolute atomic E-state index is 13.9. The van der Waals surface area contributed by atoms with Gasteiger partial charge in [0.2, 0.25) is 0 Å². The number of nitrogens with zero attached hydrogens (tertiary/aromatic N) is 2. The molecule has 0 radical (unpaired) electrons. The molecule has 2 nitrogen and oxygen atoms in total. The molecule has 0 unspecified atom stereocenters. The van der Waals surface area contributed by atoms with Crippen molar-refractivity contribution in [1.82, 2.24) is 9.97 Å². The van der Waals surface area contributed by atoms with Gasteiger partial charge >= 0.3 is 0 Å². The van der Waals surface area contributed by atoms with Gasteiger partial charge in [-0.15, -0.1) is 0 Å². The summed E-state index contributed by atoms with van der Waals surface area (Å²) in [4.78, 5) is 8.69. The minimum Gasteiger partial charge on any atom is -0.236 e. The van der Waals surface area contributed by atoms with E-state index in [4.69, 9.17) is 23.2 Å². The van der Waals surface area contributed by atoms with Gasteiger partial charge in [-0.2, -0.15) is 0 Å². The van der Waals surface area contributed by atoms with Gasteiger partial charge in [0.25, 0.3) is 0 Å². The fourth-order valence-corrected chi connectivity index (χ4v) is 2.71. The molecule has 0 aliphatic heterocycles. The Hall–Kier alpha value is -0.710. The minimum atomic E-state index is -0.438. The predicted octanol–water partition coefficient (Wildman–Crippen LogP) is 5.47. The van der Waals surface area contributed by atoms with E-state index in [9.17, 15) is 4.39 Å². The Labute approximate surface area is 141 Å². The third-order valence-corrected chi connectivity index (χ3v) is 4.53. The summed E-state index contributed by atoms with van der Waals surface area (Å²) >= 11 is 15.3. The number of halogens is 4. The monoisotopic (exact) mass is 390 g/mol. The molecule has 0 N–H and O–H groups in total. The summed E-state index contributed by atoms with van der Waals surface area (Å²) in [5.74, 6) is 0.482. The van der Waals surface area contributed by atoms with E-state index in [-0.39, 0.29) is 11.4 Å². The van der Waals surface area contributed by atoms with Crippen molar-refractivity contribution in [2.45, 2.75) is 26.7 Å². The highest BCUT2D eigenvalue weighted by atomic mass is 79.9. The van der Waals surface area contributed by atoms with Crippen LogP contribution in [0.2, 0.25) is 10.2 Å². The first-order valence-corrected chi connectivity index (χ1v) is 8.07. The average Bonchev–Trinajstić information content (AvgIpc) is 2.40. The molecule has 6 heteroatoms. The smallest absolute Gasteiger partial charge is 0.147 e. The average molecular weight is 392 g/mol. The topological polar surface area (TPSA) is 25.8 Å². The molecule has 0 aliphatic rings. The second-order valence-electron chi connectivity index (χ2n) is 5.18. The molecule has 112 valence electrons. The maximum Gasteiger partial charge on any atom is 0.147 e. The largest absolute Gasteiger partial charge is 0.236 e. The van der Waals surface area contributed by atoms with Crippen molar-refractivity contribution in [2.75, 3.05) is 0 Å². The van der Waals surface area contributed by atoms with E-state index in [0.717, 1.165) is 12.1 Å². The normalized spacial score (nSPS) is 11.2. The molecule has 1 aromatic heterocycles. The van der Waals surface area contributed by atoms with Crippen LogP contribution in [0.15, 0.2) is 22.7 Å². The number of benzene rings is 1. The van der Waals surface area contributed by atoms with E-state index in [1.54, 1.807) is 12.1 Å². The SMILES string of the molecule is CC(C)Cc1nc(Cc2cccc(Cl)c2F)nc(Cl)c1Br. The molecular weight excluding hydrogens is 378 g/mol. The number of hydrogen-bond donors (Lipinski definition) is 0. The van der Waals surface area contributed by atoms with Gasteiger partial charge in [0.15, 0.2) is 0 Å². The van der Waals surface area contributed by atoms with Crippen LogP contribution in [0.5, 0.6) is 0 Å². The fraction of sp³-hybridized carbons (Fsp3) is 0.333. The summed E-state index contributed by atoms with van der Waals surface area (Å²) in [5.41, 5.74) is 1.29. The van der Waals surface area contributed by atoms with E-state index in [2.05, 4.69) is 39.7 Å². The van der Waals surface area contributed by atoms with Crippen LogP contribution in [-0.4, -0.2) is 9.97 Å². The van der Waals surface area contributed by atoms with Gasteiger partial charge < -0.3 is 0 Å². The molecule has 0 saturated heterocycles. The number of hydrogen-bond acceptors (Lipinski definition) is 2. The van der Waals surface area contributed by atoms with Crippen molar-refractivity contribution in [1.29, 1.82) is 0 Å². The van der Waals surface area contributed by atoms with Crippen LogP contribution >= 0.6 is 39.1 Å². The van der Waals surface area contributed by atoms with Crippen molar-refractivity contribution < 1.29 is 4.39 Å². The Morgan fingerprint density at radius 3 is 2.62 bits per heavy atom. The van der Waals surface area contributed by atoms with Crippen LogP contribution in [0.3, 0.4) is 0 Å². The Balaban J connectivity index is 2.36. The van der Waals surface area contributed by atoms with Gasteiger partial charge in [0.1, 0.15) is 16.8 Å². The molecule has 1 heterocycles. The van der Waals surface area contributed by atoms with Crippen molar-refractivity contribution in [3.63, 3.8) is 0 Å². The van der Waals surface area contributed by atoms with E-state index in [1.165, 1.54) is 6.07 Å². The van der Waals surface area contributed by atoms with Crippen molar-refractivity contribution in [2.24, 2.45) is 5.92 Å². The molecule has 21 heavy (non-hydrogen) atoms. The first-order chi connectivity index (χ1) is 9.88. The van der Waals surface area contributed by atoms with Crippen molar-refractivity contribution in [3.05, 3.63) is 55.7 Å². The molecule has 0 bridgehead atoms. The van der Waals surface area contributed by atoms with Crippen LogP contribution < -0.4 is 0 Å². The van der Waals surface area contributed by atoms with Crippen LogP contribution in [-0.2, 0) is 12.8 Å². The Bertz CT molecular complexity index is 662. The standard InChI is InChI=1S/C15H14BrCl2FN2/c1-8(2)6-11-13(16)15(18)21-12(20-11)7-9-4-3-5-10(17)14(9)19/h3-5,8H,6-7H2,1-2H3. The lowest BCUT2D eigenvalue weighted by molar-refractivity contribution is 0.609. The van der Waals surface area contributed by atoms with Gasteiger partial charge in [-0.05, 0) is 39.9 Å². The van der Waals surface area contributed by atoms with Gasteiger partial charge in [0.05, 0.1) is 15.2 Å². The highest BCUT2D eigenvalue weighted by Crippen LogP contribution is 2.27. The lowest BCUT2D eigenvalue weighted by atomic mass is 10.1. The fourth-order valence-electron chi connectivity index (χ4n) is 1.97. The van der Waals surface area contributed by atoms with Gasteiger partial charge in [0, 0.05) is 6.42 Å². The van der Waals surface area contributed by atoms with Crippen molar-refractivity contribution >= 4 is 39.1 Å². The molecular formula is C15H14BrCl2FN2. The van der Waals surface area contributed by atoms with E-state index in [1.807, 2.05) is 0 Å². The zero-order valence-electron chi connectivity index (χ0n) is 11.6. The molecule has 1 aromatic carbocycles. The molecule has 0 atom stereocenters. The minimum absolute atomic E-state index is 0.0955. The van der Waals surface area contributed by atoms with Gasteiger partial charge in [-0.25, -0.2) is 14.4 Å². The Morgan fingerprint density at radius 1 is 1.24 bits per heavy atom. The van der Waals surface area contributed by atoms with Crippen LogP contribution in [0.4, 0.5) is 4.39 Å². The second-order valence-corrected chi connectivity index (χ2v) is 6.74. The van der Waals surface area contributed by atoms with Crippen molar-refractivity contribution in [3.8, 4) is 0 Å². The van der Waals surface area contributed by atoms with Crippen LogP contribution in [0.25, 0.3) is 0 Å². The maximum atomic E-state index is 13.9. The second kappa shape index (κ2) is 7.03. The van der Waals surface area contributed by atoms with Gasteiger partial charge in [-0.1, -0.05) is 49.2 Å². The Kier molecular flexibility index (Phi) is 5.58. The molecule has 0 amide bonds.